The van der Waals surface area contributed by atoms with Crippen LogP contribution < -0.4 is 15.6 Å². The van der Waals surface area contributed by atoms with Crippen LogP contribution in [-0.2, 0) is 17.5 Å². The summed E-state index contributed by atoms with van der Waals surface area (Å²) < 4.78 is 47.6. The molecule has 3 rings (SSSR count). The Morgan fingerprint density at radius 3 is 2.58 bits per heavy atom. The van der Waals surface area contributed by atoms with Crippen molar-refractivity contribution in [2.45, 2.75) is 45.5 Å². The summed E-state index contributed by atoms with van der Waals surface area (Å²) in [6.07, 6.45) is -2.83. The van der Waals surface area contributed by atoms with E-state index < -0.39 is 35.3 Å². The zero-order chi connectivity index (χ0) is 24.4. The van der Waals surface area contributed by atoms with Gasteiger partial charge in [0.05, 0.1) is 24.1 Å². The standard InChI is InChI=1S/C22H25F3N4O4/c1-21(2,3)26-18(31)13-28-17(14-6-4-7-15(10-14)22(23,24)25)12-29-16(20(28)32)11-19(27-29)33-9-5-8-30/h4,6-7,10-12,30H,5,8-9,13H2,1-3H3,(H,26,31). The molecule has 0 aliphatic rings. The van der Waals surface area contributed by atoms with Gasteiger partial charge in [-0.25, -0.2) is 4.52 Å². The van der Waals surface area contributed by atoms with Crippen molar-refractivity contribution in [1.29, 1.82) is 0 Å². The summed E-state index contributed by atoms with van der Waals surface area (Å²) in [5, 5.41) is 15.8. The van der Waals surface area contributed by atoms with Crippen molar-refractivity contribution in [2.75, 3.05) is 13.2 Å². The predicted molar refractivity (Wildman–Crippen MR) is 115 cm³/mol. The summed E-state index contributed by atoms with van der Waals surface area (Å²) in [5.41, 5.74) is -1.78. The molecule has 33 heavy (non-hydrogen) atoms. The highest BCUT2D eigenvalue weighted by Crippen LogP contribution is 2.32. The summed E-state index contributed by atoms with van der Waals surface area (Å²) in [6.45, 7) is 5.02. The monoisotopic (exact) mass is 466 g/mol. The highest BCUT2D eigenvalue weighted by molar-refractivity contribution is 5.77. The van der Waals surface area contributed by atoms with Crippen LogP contribution in [0.5, 0.6) is 5.88 Å². The number of hydrogen-bond acceptors (Lipinski definition) is 5. The van der Waals surface area contributed by atoms with Crippen LogP contribution in [0.4, 0.5) is 13.2 Å². The van der Waals surface area contributed by atoms with Crippen molar-refractivity contribution in [1.82, 2.24) is 19.5 Å². The first-order valence-corrected chi connectivity index (χ1v) is 10.2. The minimum absolute atomic E-state index is 0.0806. The number of amides is 1. The lowest BCUT2D eigenvalue weighted by Crippen LogP contribution is -2.43. The van der Waals surface area contributed by atoms with Gasteiger partial charge >= 0.3 is 6.18 Å². The van der Waals surface area contributed by atoms with Gasteiger partial charge in [-0.05, 0) is 32.9 Å². The van der Waals surface area contributed by atoms with Crippen LogP contribution in [-0.4, -0.2) is 43.9 Å². The number of aliphatic hydroxyl groups is 1. The van der Waals surface area contributed by atoms with E-state index in [0.717, 1.165) is 16.7 Å². The molecule has 1 amide bonds. The van der Waals surface area contributed by atoms with E-state index in [9.17, 15) is 22.8 Å². The molecule has 2 N–H and O–H groups in total. The zero-order valence-electron chi connectivity index (χ0n) is 18.4. The second-order valence-corrected chi connectivity index (χ2v) is 8.52. The number of nitrogens with zero attached hydrogens (tertiary/aromatic N) is 3. The van der Waals surface area contributed by atoms with Gasteiger partial charge in [-0.2, -0.15) is 13.2 Å². The van der Waals surface area contributed by atoms with Crippen molar-refractivity contribution in [2.24, 2.45) is 0 Å². The molecule has 0 atom stereocenters. The number of carbonyl (C=O) groups excluding carboxylic acids is 1. The molecule has 0 unspecified atom stereocenters. The van der Waals surface area contributed by atoms with Crippen LogP contribution in [0.15, 0.2) is 41.3 Å². The normalized spacial score (nSPS) is 12.2. The minimum atomic E-state index is -4.58. The number of benzene rings is 1. The fourth-order valence-electron chi connectivity index (χ4n) is 3.22. The first-order valence-electron chi connectivity index (χ1n) is 10.2. The van der Waals surface area contributed by atoms with E-state index >= 15 is 0 Å². The fourth-order valence-corrected chi connectivity index (χ4v) is 3.22. The Balaban J connectivity index is 2.14. The molecule has 0 aliphatic carbocycles. The first-order chi connectivity index (χ1) is 15.4. The SMILES string of the molecule is CC(C)(C)NC(=O)Cn1c(-c2cccc(C(F)(F)F)c2)cn2nc(OCCCO)cc2c1=O. The van der Waals surface area contributed by atoms with Crippen molar-refractivity contribution in [3.63, 3.8) is 0 Å². The molecule has 0 fully saturated rings. The molecule has 0 bridgehead atoms. The van der Waals surface area contributed by atoms with Gasteiger partial charge in [-0.3, -0.25) is 14.2 Å². The molecular formula is C22H25F3N4O4. The lowest BCUT2D eigenvalue weighted by Gasteiger charge is -2.22. The van der Waals surface area contributed by atoms with E-state index in [1.165, 1.54) is 28.9 Å². The van der Waals surface area contributed by atoms with Crippen LogP contribution >= 0.6 is 0 Å². The Bertz CT molecular complexity index is 1210. The van der Waals surface area contributed by atoms with E-state index in [0.29, 0.717) is 6.42 Å². The molecule has 0 spiro atoms. The lowest BCUT2D eigenvalue weighted by molar-refractivity contribution is -0.137. The number of aromatic nitrogens is 3. The quantitative estimate of drug-likeness (QED) is 0.522. The maximum Gasteiger partial charge on any atom is 0.416 e. The van der Waals surface area contributed by atoms with Crippen LogP contribution in [0.25, 0.3) is 16.8 Å². The number of nitrogens with one attached hydrogen (secondary N) is 1. The van der Waals surface area contributed by atoms with Crippen LogP contribution in [0.2, 0.25) is 0 Å². The molecule has 2 heterocycles. The third kappa shape index (κ3) is 5.92. The van der Waals surface area contributed by atoms with Gasteiger partial charge < -0.3 is 15.2 Å². The van der Waals surface area contributed by atoms with E-state index in [2.05, 4.69) is 10.4 Å². The van der Waals surface area contributed by atoms with E-state index in [1.807, 2.05) is 0 Å². The molecule has 0 aliphatic heterocycles. The predicted octanol–water partition coefficient (Wildman–Crippen LogP) is 2.86. The molecule has 3 aromatic rings. The van der Waals surface area contributed by atoms with E-state index in [1.54, 1.807) is 20.8 Å². The van der Waals surface area contributed by atoms with Crippen molar-refractivity contribution in [3.8, 4) is 17.1 Å². The Kier molecular flexibility index (Phi) is 6.82. The Labute approximate surface area is 187 Å². The van der Waals surface area contributed by atoms with Crippen LogP contribution in [0.1, 0.15) is 32.8 Å². The number of halogens is 3. The van der Waals surface area contributed by atoms with Crippen molar-refractivity contribution >= 4 is 11.4 Å². The van der Waals surface area contributed by atoms with E-state index in [-0.39, 0.29) is 35.9 Å². The van der Waals surface area contributed by atoms with E-state index in [4.69, 9.17) is 9.84 Å². The van der Waals surface area contributed by atoms with Gasteiger partial charge in [0.1, 0.15) is 12.1 Å². The average Bonchev–Trinajstić information content (AvgIpc) is 3.11. The number of rotatable bonds is 7. The largest absolute Gasteiger partial charge is 0.476 e. The average molecular weight is 466 g/mol. The number of alkyl halides is 3. The molecular weight excluding hydrogens is 441 g/mol. The summed E-state index contributed by atoms with van der Waals surface area (Å²) in [6, 6.07) is 5.89. The molecule has 8 nitrogen and oxygen atoms in total. The van der Waals surface area contributed by atoms with Crippen molar-refractivity contribution in [3.05, 3.63) is 52.4 Å². The van der Waals surface area contributed by atoms with Crippen LogP contribution in [0.3, 0.4) is 0 Å². The second-order valence-electron chi connectivity index (χ2n) is 8.52. The number of ether oxygens (including phenoxy) is 1. The van der Waals surface area contributed by atoms with Gasteiger partial charge in [-0.1, -0.05) is 12.1 Å². The Morgan fingerprint density at radius 2 is 1.94 bits per heavy atom. The van der Waals surface area contributed by atoms with Gasteiger partial charge in [0.15, 0.2) is 0 Å². The van der Waals surface area contributed by atoms with Gasteiger partial charge in [-0.15, -0.1) is 5.10 Å². The van der Waals surface area contributed by atoms with Crippen LogP contribution in [0, 0.1) is 0 Å². The number of carbonyl (C=O) groups is 1. The topological polar surface area (TPSA) is 97.9 Å². The van der Waals surface area contributed by atoms with Gasteiger partial charge in [0.2, 0.25) is 11.8 Å². The van der Waals surface area contributed by atoms with Gasteiger partial charge in [0, 0.05) is 30.2 Å². The number of hydrogen-bond donors (Lipinski definition) is 2. The minimum Gasteiger partial charge on any atom is -0.476 e. The number of fused-ring (bicyclic) bond motifs is 1. The fraction of sp³-hybridized carbons (Fsp3) is 0.409. The molecule has 0 saturated carbocycles. The second kappa shape index (κ2) is 9.26. The first kappa shape index (κ1) is 24.3. The maximum atomic E-state index is 13.3. The summed E-state index contributed by atoms with van der Waals surface area (Å²) in [7, 11) is 0. The molecule has 1 aromatic carbocycles. The summed E-state index contributed by atoms with van der Waals surface area (Å²) >= 11 is 0. The van der Waals surface area contributed by atoms with Gasteiger partial charge in [0.25, 0.3) is 5.56 Å². The lowest BCUT2D eigenvalue weighted by atomic mass is 10.1. The molecule has 2 aromatic heterocycles. The third-order valence-corrected chi connectivity index (χ3v) is 4.57. The number of aliphatic hydroxyl groups excluding tert-OH is 1. The third-order valence-electron chi connectivity index (χ3n) is 4.57. The Hall–Kier alpha value is -3.34. The zero-order valence-corrected chi connectivity index (χ0v) is 18.4. The highest BCUT2D eigenvalue weighted by Gasteiger charge is 2.31. The molecule has 0 radical (unpaired) electrons. The molecule has 0 saturated heterocycles. The highest BCUT2D eigenvalue weighted by atomic mass is 19.4. The maximum absolute atomic E-state index is 13.3. The summed E-state index contributed by atoms with van der Waals surface area (Å²) in [5.74, 6) is -0.353. The summed E-state index contributed by atoms with van der Waals surface area (Å²) in [4.78, 5) is 25.8. The molecule has 178 valence electrons. The molecule has 11 heteroatoms. The smallest absolute Gasteiger partial charge is 0.416 e. The van der Waals surface area contributed by atoms with Crippen molar-refractivity contribution < 1.29 is 27.8 Å². The Morgan fingerprint density at radius 1 is 1.21 bits per heavy atom.